The van der Waals surface area contributed by atoms with Gasteiger partial charge in [-0.2, -0.15) is 0 Å². The molecule has 1 atom stereocenters. The number of aliphatic carboxylic acids is 1. The van der Waals surface area contributed by atoms with E-state index in [1.807, 2.05) is 0 Å². The minimum absolute atomic E-state index is 0.156. The Morgan fingerprint density at radius 3 is 2.33 bits per heavy atom. The summed E-state index contributed by atoms with van der Waals surface area (Å²) in [4.78, 5) is 10.4. The molecule has 0 saturated carbocycles. The van der Waals surface area contributed by atoms with Crippen molar-refractivity contribution in [1.29, 1.82) is 0 Å². The smallest absolute Gasteiger partial charge is 0.325 e. The summed E-state index contributed by atoms with van der Waals surface area (Å²) >= 11 is 0. The molecule has 0 bridgehead atoms. The van der Waals surface area contributed by atoms with Crippen LogP contribution in [0.2, 0.25) is 0 Å². The highest BCUT2D eigenvalue weighted by Gasteiger charge is 2.12. The van der Waals surface area contributed by atoms with Gasteiger partial charge in [-0.25, -0.2) is 0 Å². The first kappa shape index (κ1) is 8.55. The van der Waals surface area contributed by atoms with E-state index in [2.05, 4.69) is 0 Å². The maximum Gasteiger partial charge on any atom is 0.325 e. The first-order valence-electron chi connectivity index (χ1n) is 3.36. The van der Waals surface area contributed by atoms with Crippen molar-refractivity contribution in [2.45, 2.75) is 6.04 Å². The number of carbonyl (C=O) groups is 1. The molecule has 0 saturated heterocycles. The number of benzene rings is 1. The fraction of sp³-hybridized carbons (Fsp3) is 0.125. The number of carboxylic acids is 1. The number of nitrogens with two attached hydrogens (primary N) is 1. The van der Waals surface area contributed by atoms with Crippen LogP contribution in [0.15, 0.2) is 24.3 Å². The Morgan fingerprint density at radius 2 is 1.92 bits per heavy atom. The van der Waals surface area contributed by atoms with E-state index in [9.17, 15) is 9.90 Å². The van der Waals surface area contributed by atoms with Crippen LogP contribution in [-0.2, 0) is 4.79 Å². The third kappa shape index (κ3) is 1.73. The van der Waals surface area contributed by atoms with Gasteiger partial charge >= 0.3 is 5.97 Å². The molecule has 12 heavy (non-hydrogen) atoms. The highest BCUT2D eigenvalue weighted by atomic mass is 16.4. The van der Waals surface area contributed by atoms with Crippen molar-refractivity contribution in [2.24, 2.45) is 5.73 Å². The predicted octanol–water partition coefficient (Wildman–Crippen LogP) is -0.155. The molecule has 0 unspecified atom stereocenters. The lowest BCUT2D eigenvalue weighted by Crippen LogP contribution is -2.20. The zero-order valence-corrected chi connectivity index (χ0v) is 6.23. The quantitative estimate of drug-likeness (QED) is 0.639. The van der Waals surface area contributed by atoms with Gasteiger partial charge in [0.2, 0.25) is 0 Å². The third-order valence-corrected chi connectivity index (χ3v) is 1.51. The van der Waals surface area contributed by atoms with Crippen LogP contribution in [0.4, 0.5) is 0 Å². The maximum absolute atomic E-state index is 10.6. The first-order valence-corrected chi connectivity index (χ1v) is 3.36. The number of rotatable bonds is 2. The highest BCUT2D eigenvalue weighted by molar-refractivity contribution is 5.75. The van der Waals surface area contributed by atoms with Crippen molar-refractivity contribution in [3.05, 3.63) is 29.8 Å². The monoisotopic (exact) mass is 166 g/mol. The molecule has 0 radical (unpaired) electrons. The van der Waals surface area contributed by atoms with Crippen molar-refractivity contribution in [2.75, 3.05) is 0 Å². The molecule has 1 aromatic carbocycles. The van der Waals surface area contributed by atoms with Crippen molar-refractivity contribution in [1.82, 2.24) is 0 Å². The van der Waals surface area contributed by atoms with Gasteiger partial charge in [0.15, 0.2) is 0 Å². The maximum atomic E-state index is 10.6. The fourth-order valence-corrected chi connectivity index (χ4v) is 0.818. The van der Waals surface area contributed by atoms with Gasteiger partial charge in [0, 0.05) is 0 Å². The molecule has 0 aliphatic carbocycles. The Balaban J connectivity index is 2.89. The summed E-state index contributed by atoms with van der Waals surface area (Å²) in [5.74, 6) is -1.26. The van der Waals surface area contributed by atoms with Crippen LogP contribution in [-0.4, -0.2) is 11.1 Å². The van der Waals surface area contributed by atoms with Crippen LogP contribution in [0.5, 0.6) is 5.75 Å². The molecule has 0 amide bonds. The summed E-state index contributed by atoms with van der Waals surface area (Å²) < 4.78 is 0. The molecule has 0 aromatic heterocycles. The van der Waals surface area contributed by atoms with Gasteiger partial charge < -0.3 is 15.9 Å². The third-order valence-electron chi connectivity index (χ3n) is 1.51. The Hall–Kier alpha value is -1.55. The van der Waals surface area contributed by atoms with Gasteiger partial charge in [-0.15, -0.1) is 5.75 Å². The largest absolute Gasteiger partial charge is 0.872 e. The lowest BCUT2D eigenvalue weighted by Gasteiger charge is -2.09. The predicted molar refractivity (Wildman–Crippen MR) is 40.5 cm³/mol. The molecule has 0 fully saturated rings. The lowest BCUT2D eigenvalue weighted by molar-refractivity contribution is -0.268. The van der Waals surface area contributed by atoms with Crippen LogP contribution in [0, 0.1) is 0 Å². The van der Waals surface area contributed by atoms with E-state index in [-0.39, 0.29) is 5.75 Å². The van der Waals surface area contributed by atoms with E-state index in [1.54, 1.807) is 0 Å². The lowest BCUT2D eigenvalue weighted by atomic mass is 10.1. The molecule has 64 valence electrons. The van der Waals surface area contributed by atoms with E-state index in [1.165, 1.54) is 24.3 Å². The molecule has 0 aliphatic rings. The van der Waals surface area contributed by atoms with E-state index < -0.39 is 12.0 Å². The zero-order valence-electron chi connectivity index (χ0n) is 6.23. The molecule has 0 heterocycles. The van der Waals surface area contributed by atoms with Gasteiger partial charge in [-0.05, 0) is 5.56 Å². The van der Waals surface area contributed by atoms with E-state index in [4.69, 9.17) is 10.8 Å². The molecule has 0 aliphatic heterocycles. The number of carboxylic acid groups (broad SMARTS) is 1. The van der Waals surface area contributed by atoms with Gasteiger partial charge in [0.05, 0.1) is 0 Å². The molecular formula is C8H8NO3-. The topological polar surface area (TPSA) is 86.4 Å². The summed E-state index contributed by atoms with van der Waals surface area (Å²) in [6.07, 6.45) is 0. The Bertz CT molecular complexity index is 281. The molecule has 0 spiro atoms. The molecule has 4 heteroatoms. The summed E-state index contributed by atoms with van der Waals surface area (Å²) in [7, 11) is 0. The van der Waals surface area contributed by atoms with Crippen molar-refractivity contribution < 1.29 is 15.0 Å². The average molecular weight is 166 g/mol. The van der Waals surface area contributed by atoms with Crippen LogP contribution in [0.1, 0.15) is 11.6 Å². The van der Waals surface area contributed by atoms with Crippen molar-refractivity contribution in [3.8, 4) is 5.75 Å². The summed E-state index contributed by atoms with van der Waals surface area (Å²) in [6.45, 7) is 0. The van der Waals surface area contributed by atoms with E-state index >= 15 is 0 Å². The molecule has 3 N–H and O–H groups in total. The van der Waals surface area contributed by atoms with Gasteiger partial charge in [-0.3, -0.25) is 4.79 Å². The molecule has 1 aromatic rings. The highest BCUT2D eigenvalue weighted by Crippen LogP contribution is 2.13. The van der Waals surface area contributed by atoms with Crippen LogP contribution < -0.4 is 10.8 Å². The summed E-state index contributed by atoms with van der Waals surface area (Å²) in [5.41, 5.74) is 5.72. The minimum atomic E-state index is -1.10. The van der Waals surface area contributed by atoms with Crippen LogP contribution >= 0.6 is 0 Å². The second-order valence-electron chi connectivity index (χ2n) is 2.38. The zero-order chi connectivity index (χ0) is 9.14. The molecular weight excluding hydrogens is 158 g/mol. The number of hydrogen-bond acceptors (Lipinski definition) is 3. The van der Waals surface area contributed by atoms with Gasteiger partial charge in [-0.1, -0.05) is 24.3 Å². The van der Waals surface area contributed by atoms with Crippen LogP contribution in [0.3, 0.4) is 0 Å². The van der Waals surface area contributed by atoms with Crippen molar-refractivity contribution in [3.63, 3.8) is 0 Å². The fourth-order valence-electron chi connectivity index (χ4n) is 0.818. The Labute approximate surface area is 69.3 Å². The van der Waals surface area contributed by atoms with Crippen LogP contribution in [0.25, 0.3) is 0 Å². The second-order valence-corrected chi connectivity index (χ2v) is 2.38. The first-order chi connectivity index (χ1) is 5.61. The Kier molecular flexibility index (Phi) is 2.30. The molecule has 1 rings (SSSR count). The van der Waals surface area contributed by atoms with E-state index in [0.29, 0.717) is 5.56 Å². The molecule has 4 nitrogen and oxygen atoms in total. The Morgan fingerprint density at radius 1 is 1.42 bits per heavy atom. The minimum Gasteiger partial charge on any atom is -0.872 e. The SMILES string of the molecule is N[C@@H](C(=O)O)c1ccc([O-])cc1. The second kappa shape index (κ2) is 3.23. The van der Waals surface area contributed by atoms with E-state index in [0.717, 1.165) is 0 Å². The average Bonchev–Trinajstić information content (AvgIpc) is 2.04. The van der Waals surface area contributed by atoms with Gasteiger partial charge in [0.1, 0.15) is 6.04 Å². The van der Waals surface area contributed by atoms with Crippen molar-refractivity contribution >= 4 is 5.97 Å². The normalized spacial score (nSPS) is 12.4. The standard InChI is InChI=1S/C8H9NO3/c9-7(8(11)12)5-1-3-6(10)4-2-5/h1-4,7,10H,9H2,(H,11,12)/p-1/t7-/m1/s1. The summed E-state index contributed by atoms with van der Waals surface area (Å²) in [5, 5.41) is 19.1. The van der Waals surface area contributed by atoms with Gasteiger partial charge in [0.25, 0.3) is 0 Å². The summed E-state index contributed by atoms with van der Waals surface area (Å²) in [6, 6.07) is 4.36. The number of hydrogen-bond donors (Lipinski definition) is 2.